The highest BCUT2D eigenvalue weighted by atomic mass is 16.5. The number of hydrogen-bond donors (Lipinski definition) is 3. The first-order valence-electron chi connectivity index (χ1n) is 6.30. The molecule has 0 aliphatic rings. The van der Waals surface area contributed by atoms with E-state index in [9.17, 15) is 14.4 Å². The topological polar surface area (TPSA) is 113 Å². The van der Waals surface area contributed by atoms with E-state index in [2.05, 4.69) is 5.32 Å². The van der Waals surface area contributed by atoms with Gasteiger partial charge in [-0.1, -0.05) is 30.3 Å². The van der Waals surface area contributed by atoms with E-state index < -0.39 is 36.4 Å². The SMILES string of the molecule is CC(OCc1ccccc1)C(=O)N[C@H](CC(=O)O)C(=O)O. The third kappa shape index (κ3) is 6.05. The van der Waals surface area contributed by atoms with Crippen molar-refractivity contribution < 1.29 is 29.3 Å². The van der Waals surface area contributed by atoms with Gasteiger partial charge in [0.2, 0.25) is 5.91 Å². The van der Waals surface area contributed by atoms with Crippen molar-refractivity contribution in [1.29, 1.82) is 0 Å². The molecule has 114 valence electrons. The Morgan fingerprint density at radius 2 is 1.81 bits per heavy atom. The van der Waals surface area contributed by atoms with Gasteiger partial charge in [0.1, 0.15) is 12.1 Å². The fourth-order valence-corrected chi connectivity index (χ4v) is 1.53. The molecule has 1 aromatic carbocycles. The Morgan fingerprint density at radius 1 is 1.19 bits per heavy atom. The summed E-state index contributed by atoms with van der Waals surface area (Å²) in [6.07, 6.45) is -1.58. The van der Waals surface area contributed by atoms with Crippen molar-refractivity contribution in [3.8, 4) is 0 Å². The Labute approximate surface area is 121 Å². The third-order valence-corrected chi connectivity index (χ3v) is 2.71. The molecule has 21 heavy (non-hydrogen) atoms. The average molecular weight is 295 g/mol. The molecule has 0 aliphatic heterocycles. The summed E-state index contributed by atoms with van der Waals surface area (Å²) in [6.45, 7) is 1.67. The van der Waals surface area contributed by atoms with Gasteiger partial charge in [-0.05, 0) is 12.5 Å². The molecule has 0 aromatic heterocycles. The fraction of sp³-hybridized carbons (Fsp3) is 0.357. The molecule has 0 radical (unpaired) electrons. The number of hydrogen-bond acceptors (Lipinski definition) is 4. The molecular formula is C14H17NO6. The molecule has 1 aromatic rings. The lowest BCUT2D eigenvalue weighted by Crippen LogP contribution is -2.46. The monoisotopic (exact) mass is 295 g/mol. The number of ether oxygens (including phenoxy) is 1. The van der Waals surface area contributed by atoms with Crippen molar-refractivity contribution in [2.24, 2.45) is 0 Å². The van der Waals surface area contributed by atoms with Crippen LogP contribution in [-0.4, -0.2) is 40.2 Å². The van der Waals surface area contributed by atoms with Gasteiger partial charge in [0.05, 0.1) is 13.0 Å². The van der Waals surface area contributed by atoms with Crippen LogP contribution in [0.25, 0.3) is 0 Å². The van der Waals surface area contributed by atoms with E-state index in [-0.39, 0.29) is 6.61 Å². The van der Waals surface area contributed by atoms with Crippen LogP contribution in [0.1, 0.15) is 18.9 Å². The van der Waals surface area contributed by atoms with Crippen LogP contribution in [0.5, 0.6) is 0 Å². The molecule has 7 nitrogen and oxygen atoms in total. The van der Waals surface area contributed by atoms with Gasteiger partial charge < -0.3 is 20.3 Å². The Morgan fingerprint density at radius 3 is 2.33 bits per heavy atom. The van der Waals surface area contributed by atoms with Crippen LogP contribution >= 0.6 is 0 Å². The lowest BCUT2D eigenvalue weighted by Gasteiger charge is -2.17. The minimum atomic E-state index is -1.47. The molecule has 0 bridgehead atoms. The maximum atomic E-state index is 11.8. The van der Waals surface area contributed by atoms with Crippen molar-refractivity contribution in [2.45, 2.75) is 32.1 Å². The van der Waals surface area contributed by atoms with Crippen molar-refractivity contribution in [1.82, 2.24) is 5.32 Å². The van der Waals surface area contributed by atoms with Crippen LogP contribution in [0, 0.1) is 0 Å². The minimum absolute atomic E-state index is 0.200. The molecule has 1 rings (SSSR count). The summed E-state index contributed by atoms with van der Waals surface area (Å²) < 4.78 is 5.32. The van der Waals surface area contributed by atoms with E-state index in [1.165, 1.54) is 6.92 Å². The van der Waals surface area contributed by atoms with E-state index in [0.717, 1.165) is 5.56 Å². The van der Waals surface area contributed by atoms with Crippen LogP contribution in [0.3, 0.4) is 0 Å². The molecule has 0 spiro atoms. The first-order chi connectivity index (χ1) is 9.90. The van der Waals surface area contributed by atoms with Gasteiger partial charge in [-0.2, -0.15) is 0 Å². The van der Waals surface area contributed by atoms with Crippen LogP contribution in [0.15, 0.2) is 30.3 Å². The number of carboxylic acids is 2. The number of carbonyl (C=O) groups excluding carboxylic acids is 1. The largest absolute Gasteiger partial charge is 0.481 e. The van der Waals surface area contributed by atoms with Gasteiger partial charge >= 0.3 is 11.9 Å². The molecule has 1 unspecified atom stereocenters. The quantitative estimate of drug-likeness (QED) is 0.648. The van der Waals surface area contributed by atoms with Crippen molar-refractivity contribution >= 4 is 17.8 Å². The number of amides is 1. The first-order valence-corrected chi connectivity index (χ1v) is 6.30. The van der Waals surface area contributed by atoms with E-state index >= 15 is 0 Å². The molecular weight excluding hydrogens is 278 g/mol. The number of aliphatic carboxylic acids is 2. The maximum Gasteiger partial charge on any atom is 0.326 e. The summed E-state index contributed by atoms with van der Waals surface area (Å²) in [5, 5.41) is 19.6. The highest BCUT2D eigenvalue weighted by Gasteiger charge is 2.25. The van der Waals surface area contributed by atoms with E-state index in [1.807, 2.05) is 30.3 Å². The van der Waals surface area contributed by atoms with Crippen LogP contribution in [-0.2, 0) is 25.7 Å². The summed E-state index contributed by atoms with van der Waals surface area (Å²) in [7, 11) is 0. The number of benzene rings is 1. The zero-order chi connectivity index (χ0) is 15.8. The predicted molar refractivity (Wildman–Crippen MR) is 72.5 cm³/mol. The molecule has 0 saturated heterocycles. The third-order valence-electron chi connectivity index (χ3n) is 2.71. The summed E-state index contributed by atoms with van der Waals surface area (Å²) in [4.78, 5) is 33.2. The fourth-order valence-electron chi connectivity index (χ4n) is 1.53. The van der Waals surface area contributed by atoms with Crippen LogP contribution in [0.4, 0.5) is 0 Å². The second-order valence-corrected chi connectivity index (χ2v) is 4.44. The van der Waals surface area contributed by atoms with Crippen molar-refractivity contribution in [3.63, 3.8) is 0 Å². The van der Waals surface area contributed by atoms with E-state index in [1.54, 1.807) is 0 Å². The maximum absolute atomic E-state index is 11.8. The molecule has 2 atom stereocenters. The Balaban J connectivity index is 2.49. The Bertz CT molecular complexity index is 501. The zero-order valence-corrected chi connectivity index (χ0v) is 11.5. The minimum Gasteiger partial charge on any atom is -0.481 e. The highest BCUT2D eigenvalue weighted by Crippen LogP contribution is 2.04. The lowest BCUT2D eigenvalue weighted by atomic mass is 10.2. The molecule has 1 amide bonds. The van der Waals surface area contributed by atoms with Gasteiger partial charge in [-0.3, -0.25) is 9.59 Å². The number of carbonyl (C=O) groups is 3. The summed E-state index contributed by atoms with van der Waals surface area (Å²) in [5.41, 5.74) is 0.873. The summed E-state index contributed by atoms with van der Waals surface area (Å²) in [5.74, 6) is -3.37. The standard InChI is InChI=1S/C14H17NO6/c1-9(21-8-10-5-3-2-4-6-10)13(18)15-11(14(19)20)7-12(16)17/h2-6,9,11H,7-8H2,1H3,(H,15,18)(H,16,17)(H,19,20)/t9?,11-/m1/s1. The second-order valence-electron chi connectivity index (χ2n) is 4.44. The normalized spacial score (nSPS) is 13.2. The Hall–Kier alpha value is -2.41. The molecule has 0 fully saturated rings. The van der Waals surface area contributed by atoms with E-state index in [4.69, 9.17) is 14.9 Å². The van der Waals surface area contributed by atoms with Crippen LogP contribution in [0.2, 0.25) is 0 Å². The number of nitrogens with one attached hydrogen (secondary N) is 1. The highest BCUT2D eigenvalue weighted by molar-refractivity contribution is 5.88. The molecule has 3 N–H and O–H groups in total. The molecule has 0 heterocycles. The van der Waals surface area contributed by atoms with Crippen molar-refractivity contribution in [2.75, 3.05) is 0 Å². The molecule has 0 saturated carbocycles. The lowest BCUT2D eigenvalue weighted by molar-refractivity contribution is -0.148. The number of carboxylic acid groups (broad SMARTS) is 2. The molecule has 0 aliphatic carbocycles. The first kappa shape index (κ1) is 16.6. The zero-order valence-electron chi connectivity index (χ0n) is 11.5. The van der Waals surface area contributed by atoms with Gasteiger partial charge in [-0.15, -0.1) is 0 Å². The molecule has 7 heteroatoms. The van der Waals surface area contributed by atoms with Gasteiger partial charge in [0.25, 0.3) is 0 Å². The van der Waals surface area contributed by atoms with Crippen LogP contribution < -0.4 is 5.32 Å². The number of rotatable bonds is 8. The summed E-state index contributed by atoms with van der Waals surface area (Å²) in [6, 6.07) is 7.69. The van der Waals surface area contributed by atoms with Gasteiger partial charge in [0, 0.05) is 0 Å². The average Bonchev–Trinajstić information content (AvgIpc) is 2.44. The smallest absolute Gasteiger partial charge is 0.326 e. The van der Waals surface area contributed by atoms with Gasteiger partial charge in [-0.25, -0.2) is 4.79 Å². The van der Waals surface area contributed by atoms with Crippen molar-refractivity contribution in [3.05, 3.63) is 35.9 Å². The predicted octanol–water partition coefficient (Wildman–Crippen LogP) is 0.636. The second kappa shape index (κ2) is 8.01. The van der Waals surface area contributed by atoms with E-state index in [0.29, 0.717) is 0 Å². The Kier molecular flexibility index (Phi) is 6.35. The summed E-state index contributed by atoms with van der Waals surface area (Å²) >= 11 is 0. The van der Waals surface area contributed by atoms with Gasteiger partial charge in [0.15, 0.2) is 0 Å².